The van der Waals surface area contributed by atoms with E-state index < -0.39 is 5.97 Å². The highest BCUT2D eigenvalue weighted by Crippen LogP contribution is 2.23. The highest BCUT2D eigenvalue weighted by atomic mass is 16.4. The highest BCUT2D eigenvalue weighted by molar-refractivity contribution is 5.95. The Balaban J connectivity index is 2.81. The first-order chi connectivity index (χ1) is 8.45. The number of aliphatic hydroxyl groups is 1. The molecule has 0 aromatic heterocycles. The summed E-state index contributed by atoms with van der Waals surface area (Å²) in [6, 6.07) is 3.36. The van der Waals surface area contributed by atoms with Gasteiger partial charge in [-0.1, -0.05) is 6.92 Å². The van der Waals surface area contributed by atoms with E-state index in [0.717, 1.165) is 11.3 Å². The molecule has 5 nitrogen and oxygen atoms in total. The average molecular weight is 252 g/mol. The summed E-state index contributed by atoms with van der Waals surface area (Å²) in [6.07, 6.45) is 0.715. The van der Waals surface area contributed by atoms with Crippen molar-refractivity contribution in [2.45, 2.75) is 20.3 Å². The topological polar surface area (TPSA) is 95.6 Å². The Morgan fingerprint density at radius 1 is 1.50 bits per heavy atom. The number of aryl methyl sites for hydroxylation is 1. The molecule has 5 N–H and O–H groups in total. The number of hydrogen-bond acceptors (Lipinski definition) is 4. The van der Waals surface area contributed by atoms with Crippen molar-refractivity contribution in [1.82, 2.24) is 0 Å². The van der Waals surface area contributed by atoms with Gasteiger partial charge in [0.05, 0.1) is 5.56 Å². The molecule has 0 aliphatic rings. The second kappa shape index (κ2) is 6.26. The first kappa shape index (κ1) is 14.3. The molecular weight excluding hydrogens is 232 g/mol. The maximum atomic E-state index is 11.0. The Labute approximate surface area is 107 Å². The Hall–Kier alpha value is -1.75. The summed E-state index contributed by atoms with van der Waals surface area (Å²) in [7, 11) is 0. The molecule has 0 bridgehead atoms. The minimum atomic E-state index is -1.03. The number of benzene rings is 1. The van der Waals surface area contributed by atoms with E-state index in [9.17, 15) is 4.79 Å². The average Bonchev–Trinajstić information content (AvgIpc) is 2.30. The zero-order chi connectivity index (χ0) is 13.7. The largest absolute Gasteiger partial charge is 0.478 e. The van der Waals surface area contributed by atoms with Crippen molar-refractivity contribution >= 4 is 17.3 Å². The summed E-state index contributed by atoms with van der Waals surface area (Å²) in [5, 5.41) is 21.0. The molecular formula is C13H20N2O3. The van der Waals surface area contributed by atoms with Crippen LogP contribution < -0.4 is 11.1 Å². The minimum Gasteiger partial charge on any atom is -0.478 e. The summed E-state index contributed by atoms with van der Waals surface area (Å²) < 4.78 is 0. The summed E-state index contributed by atoms with van der Waals surface area (Å²) in [5.74, 6) is -0.705. The quantitative estimate of drug-likeness (QED) is 0.578. The highest BCUT2D eigenvalue weighted by Gasteiger charge is 2.12. The number of aromatic carboxylic acids is 1. The van der Waals surface area contributed by atoms with Crippen molar-refractivity contribution in [1.29, 1.82) is 0 Å². The van der Waals surface area contributed by atoms with Gasteiger partial charge in [0.1, 0.15) is 0 Å². The number of nitrogen functional groups attached to an aromatic ring is 1. The zero-order valence-electron chi connectivity index (χ0n) is 10.7. The number of carboxylic acid groups (broad SMARTS) is 1. The number of rotatable bonds is 6. The predicted octanol–water partition coefficient (Wildman–Crippen LogP) is 1.71. The van der Waals surface area contributed by atoms with Crippen molar-refractivity contribution < 1.29 is 15.0 Å². The van der Waals surface area contributed by atoms with E-state index in [2.05, 4.69) is 5.32 Å². The van der Waals surface area contributed by atoms with Gasteiger partial charge in [-0.15, -0.1) is 0 Å². The van der Waals surface area contributed by atoms with Gasteiger partial charge in [-0.3, -0.25) is 0 Å². The fraction of sp³-hybridized carbons (Fsp3) is 0.462. The molecule has 0 fully saturated rings. The molecule has 1 rings (SSSR count). The Morgan fingerprint density at radius 2 is 2.17 bits per heavy atom. The van der Waals surface area contributed by atoms with Gasteiger partial charge in [0.25, 0.3) is 0 Å². The predicted molar refractivity (Wildman–Crippen MR) is 71.9 cm³/mol. The second-order valence-corrected chi connectivity index (χ2v) is 4.56. The van der Waals surface area contributed by atoms with Gasteiger partial charge in [0, 0.05) is 24.5 Å². The summed E-state index contributed by atoms with van der Waals surface area (Å²) in [5.41, 5.74) is 7.62. The number of nitrogens with one attached hydrogen (secondary N) is 1. The van der Waals surface area contributed by atoms with Crippen molar-refractivity contribution in [2.24, 2.45) is 5.92 Å². The normalized spacial score (nSPS) is 12.2. The van der Waals surface area contributed by atoms with Gasteiger partial charge in [0.15, 0.2) is 0 Å². The third kappa shape index (κ3) is 3.63. The van der Waals surface area contributed by atoms with Gasteiger partial charge < -0.3 is 21.3 Å². The van der Waals surface area contributed by atoms with Gasteiger partial charge >= 0.3 is 5.97 Å². The van der Waals surface area contributed by atoms with E-state index in [1.165, 1.54) is 6.07 Å². The lowest BCUT2D eigenvalue weighted by molar-refractivity contribution is 0.0698. The number of carboxylic acids is 1. The second-order valence-electron chi connectivity index (χ2n) is 4.56. The molecule has 1 aromatic carbocycles. The van der Waals surface area contributed by atoms with Gasteiger partial charge in [-0.2, -0.15) is 0 Å². The zero-order valence-corrected chi connectivity index (χ0v) is 10.7. The number of nitrogens with two attached hydrogens (primary N) is 1. The van der Waals surface area contributed by atoms with E-state index >= 15 is 0 Å². The lowest BCUT2D eigenvalue weighted by atomic mass is 10.1. The standard InChI is InChI=1S/C13H20N2O3/c1-8(3-4-16)7-15-10-5-9(2)12(14)11(6-10)13(17)18/h5-6,8,15-16H,3-4,7,14H2,1-2H3,(H,17,18). The maximum Gasteiger partial charge on any atom is 0.337 e. The molecule has 0 spiro atoms. The molecule has 0 heterocycles. The van der Waals surface area contributed by atoms with Crippen LogP contribution in [0.2, 0.25) is 0 Å². The monoisotopic (exact) mass is 252 g/mol. The molecule has 0 aliphatic heterocycles. The first-order valence-electron chi connectivity index (χ1n) is 5.93. The van der Waals surface area contributed by atoms with Crippen LogP contribution >= 0.6 is 0 Å². The number of hydrogen-bond donors (Lipinski definition) is 4. The van der Waals surface area contributed by atoms with Crippen LogP contribution in [0.4, 0.5) is 11.4 Å². The van der Waals surface area contributed by atoms with Crippen LogP contribution in [0.1, 0.15) is 29.3 Å². The van der Waals surface area contributed by atoms with Crippen LogP contribution in [0.15, 0.2) is 12.1 Å². The van der Waals surface area contributed by atoms with E-state index in [1.54, 1.807) is 6.92 Å². The van der Waals surface area contributed by atoms with Crippen molar-refractivity contribution in [3.8, 4) is 0 Å². The molecule has 0 aliphatic carbocycles. The number of aliphatic hydroxyl groups excluding tert-OH is 1. The van der Waals surface area contributed by atoms with Crippen LogP contribution in [0.3, 0.4) is 0 Å². The molecule has 0 saturated heterocycles. The molecule has 0 amide bonds. The fourth-order valence-electron chi connectivity index (χ4n) is 1.69. The summed E-state index contributed by atoms with van der Waals surface area (Å²) >= 11 is 0. The van der Waals surface area contributed by atoms with Crippen LogP contribution in [-0.2, 0) is 0 Å². The van der Waals surface area contributed by atoms with Crippen LogP contribution in [0.25, 0.3) is 0 Å². The molecule has 0 radical (unpaired) electrons. The van der Waals surface area contributed by atoms with Crippen molar-refractivity contribution in [3.63, 3.8) is 0 Å². The van der Waals surface area contributed by atoms with Crippen LogP contribution in [0, 0.1) is 12.8 Å². The third-order valence-electron chi connectivity index (χ3n) is 2.89. The minimum absolute atomic E-state index is 0.118. The van der Waals surface area contributed by atoms with Gasteiger partial charge in [-0.05, 0) is 37.0 Å². The van der Waals surface area contributed by atoms with Gasteiger partial charge in [0.2, 0.25) is 0 Å². The number of carbonyl (C=O) groups is 1. The van der Waals surface area contributed by atoms with E-state index in [-0.39, 0.29) is 12.2 Å². The van der Waals surface area contributed by atoms with Crippen molar-refractivity contribution in [3.05, 3.63) is 23.3 Å². The Morgan fingerprint density at radius 3 is 2.72 bits per heavy atom. The van der Waals surface area contributed by atoms with E-state index in [0.29, 0.717) is 24.6 Å². The molecule has 5 heteroatoms. The molecule has 1 atom stereocenters. The molecule has 1 aromatic rings. The number of anilines is 2. The summed E-state index contributed by atoms with van der Waals surface area (Å²) in [4.78, 5) is 11.0. The van der Waals surface area contributed by atoms with Crippen LogP contribution in [-0.4, -0.2) is 29.3 Å². The smallest absolute Gasteiger partial charge is 0.337 e. The fourth-order valence-corrected chi connectivity index (χ4v) is 1.69. The lowest BCUT2D eigenvalue weighted by Crippen LogP contribution is -2.13. The first-order valence-corrected chi connectivity index (χ1v) is 5.93. The molecule has 1 unspecified atom stereocenters. The third-order valence-corrected chi connectivity index (χ3v) is 2.89. The molecule has 0 saturated carbocycles. The summed E-state index contributed by atoms with van der Waals surface area (Å²) in [6.45, 7) is 4.64. The lowest BCUT2D eigenvalue weighted by Gasteiger charge is -2.14. The molecule has 18 heavy (non-hydrogen) atoms. The maximum absolute atomic E-state index is 11.0. The Kier molecular flexibility index (Phi) is 4.97. The van der Waals surface area contributed by atoms with Crippen LogP contribution in [0.5, 0.6) is 0 Å². The SMILES string of the molecule is Cc1cc(NCC(C)CCO)cc(C(=O)O)c1N. The molecule has 100 valence electrons. The van der Waals surface area contributed by atoms with Crippen molar-refractivity contribution in [2.75, 3.05) is 24.2 Å². The van der Waals surface area contributed by atoms with E-state index in [1.807, 2.05) is 13.0 Å². The van der Waals surface area contributed by atoms with E-state index in [4.69, 9.17) is 15.9 Å². The van der Waals surface area contributed by atoms with Gasteiger partial charge in [-0.25, -0.2) is 4.79 Å². The Bertz CT molecular complexity index is 432.